The third-order valence-electron chi connectivity index (χ3n) is 4.55. The lowest BCUT2D eigenvalue weighted by Gasteiger charge is -2.18. The van der Waals surface area contributed by atoms with Gasteiger partial charge in [0.1, 0.15) is 5.69 Å². The maximum atomic E-state index is 12.6. The van der Waals surface area contributed by atoms with Gasteiger partial charge in [-0.05, 0) is 29.9 Å². The molecular formula is C15H14FN3O. The number of hydrogen-bond acceptors (Lipinski definition) is 3. The van der Waals surface area contributed by atoms with Crippen molar-refractivity contribution in [3.05, 3.63) is 36.3 Å². The van der Waals surface area contributed by atoms with Gasteiger partial charge in [-0.25, -0.2) is 4.98 Å². The van der Waals surface area contributed by atoms with E-state index in [2.05, 4.69) is 9.97 Å². The van der Waals surface area contributed by atoms with Gasteiger partial charge >= 0.3 is 0 Å². The zero-order valence-electron chi connectivity index (χ0n) is 10.9. The number of rotatable bonds is 2. The maximum absolute atomic E-state index is 12.6. The number of alkyl halides is 1. The van der Waals surface area contributed by atoms with Crippen LogP contribution in [-0.2, 0) is 0 Å². The summed E-state index contributed by atoms with van der Waals surface area (Å²) >= 11 is 0. The summed E-state index contributed by atoms with van der Waals surface area (Å²) in [4.78, 5) is 22.6. The van der Waals surface area contributed by atoms with E-state index in [0.717, 1.165) is 10.9 Å². The first-order valence-electron chi connectivity index (χ1n) is 6.84. The summed E-state index contributed by atoms with van der Waals surface area (Å²) in [6.07, 6.45) is 3.36. The van der Waals surface area contributed by atoms with Gasteiger partial charge in [-0.2, -0.15) is 0 Å². The quantitative estimate of drug-likeness (QED) is 0.838. The van der Waals surface area contributed by atoms with Crippen LogP contribution in [0.5, 0.6) is 0 Å². The lowest BCUT2D eigenvalue weighted by atomic mass is 10.2. The highest BCUT2D eigenvalue weighted by Gasteiger charge is 2.56. The number of carbonyl (C=O) groups excluding carboxylic acids is 1. The number of aromatic nitrogens is 2. The Labute approximate surface area is 115 Å². The predicted octanol–water partition coefficient (Wildman–Crippen LogP) is 1.92. The van der Waals surface area contributed by atoms with Crippen molar-refractivity contribution in [1.82, 2.24) is 14.9 Å². The summed E-state index contributed by atoms with van der Waals surface area (Å²) in [7, 11) is 0. The van der Waals surface area contributed by atoms with Gasteiger partial charge in [0.05, 0.1) is 18.4 Å². The van der Waals surface area contributed by atoms with E-state index >= 15 is 0 Å². The molecule has 1 saturated heterocycles. The van der Waals surface area contributed by atoms with Gasteiger partial charge in [0, 0.05) is 24.7 Å². The minimum absolute atomic E-state index is 0.0550. The number of fused-ring (bicyclic) bond motifs is 2. The molecule has 2 fully saturated rings. The standard InChI is InChI=1S/C15H14FN3O/c16-5-10-11-7-19(8-12(10)11)15(20)13-2-1-9-3-4-17-6-14(9)18-13/h1-4,6,10-12H,5,7-8H2/t10?,11-,12+. The molecule has 1 aliphatic heterocycles. The van der Waals surface area contributed by atoms with Gasteiger partial charge in [0.25, 0.3) is 5.91 Å². The molecular weight excluding hydrogens is 257 g/mol. The average Bonchev–Trinajstić information content (AvgIpc) is 2.97. The van der Waals surface area contributed by atoms with Crippen molar-refractivity contribution in [2.45, 2.75) is 0 Å². The molecule has 2 aliphatic rings. The molecule has 0 radical (unpaired) electrons. The minimum Gasteiger partial charge on any atom is -0.337 e. The van der Waals surface area contributed by atoms with Gasteiger partial charge in [-0.15, -0.1) is 0 Å². The van der Waals surface area contributed by atoms with Crippen LogP contribution < -0.4 is 0 Å². The van der Waals surface area contributed by atoms with E-state index in [0.29, 0.717) is 30.6 Å². The average molecular weight is 271 g/mol. The van der Waals surface area contributed by atoms with E-state index in [9.17, 15) is 9.18 Å². The Bertz CT molecular complexity index is 678. The van der Waals surface area contributed by atoms with Gasteiger partial charge in [0.2, 0.25) is 0 Å². The molecule has 5 heteroatoms. The summed E-state index contributed by atoms with van der Waals surface area (Å²) in [5.74, 6) is 0.866. The number of piperidine rings is 1. The van der Waals surface area contributed by atoms with Crippen LogP contribution in [0.25, 0.3) is 10.9 Å². The fraction of sp³-hybridized carbons (Fsp3) is 0.400. The van der Waals surface area contributed by atoms with Crippen molar-refractivity contribution in [1.29, 1.82) is 0 Å². The number of carbonyl (C=O) groups is 1. The van der Waals surface area contributed by atoms with Crippen molar-refractivity contribution < 1.29 is 9.18 Å². The molecule has 0 bridgehead atoms. The van der Waals surface area contributed by atoms with E-state index in [1.54, 1.807) is 23.4 Å². The van der Waals surface area contributed by atoms with Crippen molar-refractivity contribution in [2.24, 2.45) is 17.8 Å². The SMILES string of the molecule is O=C(c1ccc2ccncc2n1)N1C[C@@H]2C(CF)[C@@H]2C1. The lowest BCUT2D eigenvalue weighted by Crippen LogP contribution is -2.32. The van der Waals surface area contributed by atoms with Crippen molar-refractivity contribution in [3.63, 3.8) is 0 Å². The van der Waals surface area contributed by atoms with E-state index in [4.69, 9.17) is 0 Å². The molecule has 2 aromatic heterocycles. The van der Waals surface area contributed by atoms with Crippen LogP contribution in [0.1, 0.15) is 10.5 Å². The number of amides is 1. The number of pyridine rings is 2. The smallest absolute Gasteiger partial charge is 0.272 e. The fourth-order valence-corrected chi connectivity index (χ4v) is 3.29. The number of likely N-dealkylation sites (tertiary alicyclic amines) is 1. The van der Waals surface area contributed by atoms with Crippen molar-refractivity contribution in [2.75, 3.05) is 19.8 Å². The van der Waals surface area contributed by atoms with Crippen LogP contribution in [0.4, 0.5) is 4.39 Å². The second-order valence-electron chi connectivity index (χ2n) is 5.62. The minimum atomic E-state index is -0.253. The van der Waals surface area contributed by atoms with E-state index in [1.165, 1.54) is 0 Å². The fourth-order valence-electron chi connectivity index (χ4n) is 3.29. The molecule has 0 spiro atoms. The number of nitrogens with zero attached hydrogens (tertiary/aromatic N) is 3. The largest absolute Gasteiger partial charge is 0.337 e. The molecule has 3 atom stereocenters. The first-order chi connectivity index (χ1) is 9.78. The maximum Gasteiger partial charge on any atom is 0.272 e. The third kappa shape index (κ3) is 1.69. The Morgan fingerprint density at radius 1 is 1.30 bits per heavy atom. The molecule has 1 saturated carbocycles. The second kappa shape index (κ2) is 4.23. The summed E-state index contributed by atoms with van der Waals surface area (Å²) in [5.41, 5.74) is 1.17. The predicted molar refractivity (Wildman–Crippen MR) is 71.9 cm³/mol. The summed E-state index contributed by atoms with van der Waals surface area (Å²) < 4.78 is 12.6. The van der Waals surface area contributed by atoms with Crippen molar-refractivity contribution in [3.8, 4) is 0 Å². The van der Waals surface area contributed by atoms with Crippen LogP contribution in [0.3, 0.4) is 0 Å². The zero-order valence-corrected chi connectivity index (χ0v) is 10.9. The van der Waals surface area contributed by atoms with Crippen LogP contribution >= 0.6 is 0 Å². The Morgan fingerprint density at radius 2 is 2.10 bits per heavy atom. The molecule has 1 unspecified atom stereocenters. The highest BCUT2D eigenvalue weighted by molar-refractivity contribution is 5.95. The molecule has 4 nitrogen and oxygen atoms in total. The van der Waals surface area contributed by atoms with Crippen molar-refractivity contribution >= 4 is 16.8 Å². The molecule has 3 heterocycles. The van der Waals surface area contributed by atoms with E-state index in [1.807, 2.05) is 12.1 Å². The summed E-state index contributed by atoms with van der Waals surface area (Å²) in [5, 5.41) is 0.971. The molecule has 4 rings (SSSR count). The Morgan fingerprint density at radius 3 is 2.85 bits per heavy atom. The number of hydrogen-bond donors (Lipinski definition) is 0. The van der Waals surface area contributed by atoms with E-state index in [-0.39, 0.29) is 18.5 Å². The highest BCUT2D eigenvalue weighted by atomic mass is 19.1. The zero-order chi connectivity index (χ0) is 13.7. The molecule has 2 aromatic rings. The Balaban J connectivity index is 1.56. The highest BCUT2D eigenvalue weighted by Crippen LogP contribution is 2.51. The summed E-state index contributed by atoms with van der Waals surface area (Å²) in [6, 6.07) is 5.51. The molecule has 0 aromatic carbocycles. The second-order valence-corrected chi connectivity index (χ2v) is 5.62. The van der Waals surface area contributed by atoms with Gasteiger partial charge in [-0.1, -0.05) is 6.07 Å². The molecule has 0 N–H and O–H groups in total. The first kappa shape index (κ1) is 11.8. The van der Waals surface area contributed by atoms with Gasteiger partial charge < -0.3 is 4.90 Å². The monoisotopic (exact) mass is 271 g/mol. The van der Waals surface area contributed by atoms with Gasteiger partial charge in [-0.3, -0.25) is 14.2 Å². The van der Waals surface area contributed by atoms with Crippen LogP contribution in [0.2, 0.25) is 0 Å². The topological polar surface area (TPSA) is 46.1 Å². The lowest BCUT2D eigenvalue weighted by molar-refractivity contribution is 0.0760. The number of halogens is 1. The molecule has 20 heavy (non-hydrogen) atoms. The third-order valence-corrected chi connectivity index (χ3v) is 4.55. The molecule has 102 valence electrons. The van der Waals surface area contributed by atoms with E-state index < -0.39 is 0 Å². The first-order valence-corrected chi connectivity index (χ1v) is 6.84. The molecule has 1 aliphatic carbocycles. The van der Waals surface area contributed by atoms with Crippen LogP contribution in [-0.4, -0.2) is 40.5 Å². The van der Waals surface area contributed by atoms with Crippen LogP contribution in [0.15, 0.2) is 30.6 Å². The van der Waals surface area contributed by atoms with Gasteiger partial charge in [0.15, 0.2) is 0 Å². The summed E-state index contributed by atoms with van der Waals surface area (Å²) in [6.45, 7) is 1.09. The normalized spacial score (nSPS) is 27.6. The molecule has 1 amide bonds. The van der Waals surface area contributed by atoms with Crippen LogP contribution in [0, 0.1) is 17.8 Å². The Kier molecular flexibility index (Phi) is 2.49. The Hall–Kier alpha value is -2.04.